The summed E-state index contributed by atoms with van der Waals surface area (Å²) in [4.78, 5) is 0. The molecule has 0 amide bonds. The molecule has 1 heterocycles. The van der Waals surface area contributed by atoms with Crippen molar-refractivity contribution in [2.24, 2.45) is 7.05 Å². The normalized spacial score (nSPS) is 10.1. The van der Waals surface area contributed by atoms with Crippen molar-refractivity contribution in [3.8, 4) is 17.1 Å². The van der Waals surface area contributed by atoms with E-state index in [2.05, 4.69) is 15.5 Å². The predicted octanol–water partition coefficient (Wildman–Crippen LogP) is 0.886. The van der Waals surface area contributed by atoms with Gasteiger partial charge in [-0.1, -0.05) is 0 Å². The number of nitrogens with zero attached hydrogens (tertiary/aromatic N) is 4. The summed E-state index contributed by atoms with van der Waals surface area (Å²) in [6.45, 7) is 0. The van der Waals surface area contributed by atoms with Crippen LogP contribution in [0.5, 0.6) is 5.75 Å². The average Bonchev–Trinajstić information content (AvgIpc) is 2.65. The molecule has 72 valence electrons. The maximum absolute atomic E-state index is 5.06. The molecule has 0 saturated carbocycles. The Kier molecular flexibility index (Phi) is 2.14. The summed E-state index contributed by atoms with van der Waals surface area (Å²) >= 11 is 0. The Bertz CT molecular complexity index is 421. The molecule has 1 aromatic carbocycles. The van der Waals surface area contributed by atoms with E-state index in [1.165, 1.54) is 0 Å². The van der Waals surface area contributed by atoms with Gasteiger partial charge in [0.25, 0.3) is 0 Å². The van der Waals surface area contributed by atoms with Crippen molar-refractivity contribution in [3.05, 3.63) is 24.3 Å². The molecular formula is C9H10N4O. The third kappa shape index (κ3) is 1.44. The van der Waals surface area contributed by atoms with E-state index in [-0.39, 0.29) is 0 Å². The maximum atomic E-state index is 5.06. The highest BCUT2D eigenvalue weighted by Gasteiger charge is 2.04. The summed E-state index contributed by atoms with van der Waals surface area (Å²) in [5.41, 5.74) is 0.971. The molecule has 0 N–H and O–H groups in total. The second-order valence-electron chi connectivity index (χ2n) is 2.85. The summed E-state index contributed by atoms with van der Waals surface area (Å²) in [5.74, 6) is 1.57. The van der Waals surface area contributed by atoms with Gasteiger partial charge >= 0.3 is 0 Å². The van der Waals surface area contributed by atoms with Crippen LogP contribution in [0, 0.1) is 0 Å². The SMILES string of the molecule is COc1ccc(-c2nnnn2C)cc1. The number of benzene rings is 1. The number of rotatable bonds is 2. The van der Waals surface area contributed by atoms with E-state index in [0.717, 1.165) is 17.1 Å². The maximum Gasteiger partial charge on any atom is 0.181 e. The summed E-state index contributed by atoms with van der Waals surface area (Å²) in [6.07, 6.45) is 0. The predicted molar refractivity (Wildman–Crippen MR) is 50.8 cm³/mol. The molecule has 0 radical (unpaired) electrons. The van der Waals surface area contributed by atoms with Crippen LogP contribution in [-0.4, -0.2) is 27.3 Å². The molecule has 0 aliphatic rings. The Balaban J connectivity index is 2.39. The van der Waals surface area contributed by atoms with Gasteiger partial charge in [0.15, 0.2) is 5.82 Å². The average molecular weight is 190 g/mol. The van der Waals surface area contributed by atoms with E-state index in [0.29, 0.717) is 0 Å². The van der Waals surface area contributed by atoms with Crippen molar-refractivity contribution in [2.45, 2.75) is 0 Å². The van der Waals surface area contributed by atoms with Gasteiger partial charge in [0.1, 0.15) is 5.75 Å². The molecule has 0 saturated heterocycles. The number of methoxy groups -OCH3 is 1. The van der Waals surface area contributed by atoms with Crippen molar-refractivity contribution in [3.63, 3.8) is 0 Å². The third-order valence-corrected chi connectivity index (χ3v) is 1.97. The third-order valence-electron chi connectivity index (χ3n) is 1.97. The van der Waals surface area contributed by atoms with E-state index < -0.39 is 0 Å². The molecule has 5 nitrogen and oxygen atoms in total. The van der Waals surface area contributed by atoms with Crippen LogP contribution >= 0.6 is 0 Å². The van der Waals surface area contributed by atoms with Crippen molar-refractivity contribution >= 4 is 0 Å². The lowest BCUT2D eigenvalue weighted by atomic mass is 10.2. The molecule has 0 aliphatic heterocycles. The van der Waals surface area contributed by atoms with E-state index in [1.807, 2.05) is 24.3 Å². The van der Waals surface area contributed by atoms with Gasteiger partial charge in [0.05, 0.1) is 7.11 Å². The number of ether oxygens (including phenoxy) is 1. The van der Waals surface area contributed by atoms with Gasteiger partial charge in [-0.05, 0) is 34.7 Å². The summed E-state index contributed by atoms with van der Waals surface area (Å²) in [6, 6.07) is 7.60. The first-order valence-electron chi connectivity index (χ1n) is 4.18. The Morgan fingerprint density at radius 2 is 1.93 bits per heavy atom. The van der Waals surface area contributed by atoms with Gasteiger partial charge < -0.3 is 4.74 Å². The van der Waals surface area contributed by atoms with Crippen LogP contribution in [0.4, 0.5) is 0 Å². The summed E-state index contributed by atoms with van der Waals surface area (Å²) < 4.78 is 6.69. The molecule has 5 heteroatoms. The second kappa shape index (κ2) is 3.45. The van der Waals surface area contributed by atoms with Crippen LogP contribution < -0.4 is 4.74 Å². The van der Waals surface area contributed by atoms with E-state index in [1.54, 1.807) is 18.8 Å². The lowest BCUT2D eigenvalue weighted by molar-refractivity contribution is 0.415. The largest absolute Gasteiger partial charge is 0.497 e. The fourth-order valence-corrected chi connectivity index (χ4v) is 1.21. The number of aryl methyl sites for hydroxylation is 1. The zero-order valence-corrected chi connectivity index (χ0v) is 8.01. The standard InChI is InChI=1S/C9H10N4O/c1-13-9(10-11-12-13)7-3-5-8(14-2)6-4-7/h3-6H,1-2H3. The smallest absolute Gasteiger partial charge is 0.181 e. The van der Waals surface area contributed by atoms with Crippen LogP contribution in [0.1, 0.15) is 0 Å². The van der Waals surface area contributed by atoms with E-state index in [9.17, 15) is 0 Å². The monoisotopic (exact) mass is 190 g/mol. The highest BCUT2D eigenvalue weighted by molar-refractivity contribution is 5.55. The van der Waals surface area contributed by atoms with Gasteiger partial charge in [0, 0.05) is 12.6 Å². The number of aromatic nitrogens is 4. The molecule has 0 unspecified atom stereocenters. The second-order valence-corrected chi connectivity index (χ2v) is 2.85. The fraction of sp³-hybridized carbons (Fsp3) is 0.222. The summed E-state index contributed by atoms with van der Waals surface area (Å²) in [7, 11) is 3.44. The molecule has 14 heavy (non-hydrogen) atoms. The molecule has 2 rings (SSSR count). The van der Waals surface area contributed by atoms with Crippen molar-refractivity contribution in [1.82, 2.24) is 20.2 Å². The van der Waals surface area contributed by atoms with Gasteiger partial charge in [-0.15, -0.1) is 5.10 Å². The van der Waals surface area contributed by atoms with Crippen LogP contribution in [0.25, 0.3) is 11.4 Å². The van der Waals surface area contributed by atoms with Crippen molar-refractivity contribution in [1.29, 1.82) is 0 Å². The molecule has 1 aromatic heterocycles. The Morgan fingerprint density at radius 1 is 1.21 bits per heavy atom. The van der Waals surface area contributed by atoms with Crippen LogP contribution in [0.2, 0.25) is 0 Å². The van der Waals surface area contributed by atoms with Crippen molar-refractivity contribution in [2.75, 3.05) is 7.11 Å². The highest BCUT2D eigenvalue weighted by Crippen LogP contribution is 2.18. The van der Waals surface area contributed by atoms with E-state index in [4.69, 9.17) is 4.74 Å². The molecule has 0 bridgehead atoms. The first-order valence-corrected chi connectivity index (χ1v) is 4.18. The Labute approximate surface area is 81.3 Å². The number of hydrogen-bond acceptors (Lipinski definition) is 4. The van der Waals surface area contributed by atoms with Gasteiger partial charge in [-0.3, -0.25) is 0 Å². The van der Waals surface area contributed by atoms with Crippen LogP contribution in [0.3, 0.4) is 0 Å². The van der Waals surface area contributed by atoms with Gasteiger partial charge in [-0.25, -0.2) is 4.68 Å². The van der Waals surface area contributed by atoms with E-state index >= 15 is 0 Å². The van der Waals surface area contributed by atoms with Crippen LogP contribution in [0.15, 0.2) is 24.3 Å². The van der Waals surface area contributed by atoms with Gasteiger partial charge in [-0.2, -0.15) is 0 Å². The zero-order valence-electron chi connectivity index (χ0n) is 8.01. The molecule has 0 fully saturated rings. The number of tetrazole rings is 1. The number of hydrogen-bond donors (Lipinski definition) is 0. The molecule has 2 aromatic rings. The molecule has 0 atom stereocenters. The minimum Gasteiger partial charge on any atom is -0.497 e. The molecule has 0 spiro atoms. The lowest BCUT2D eigenvalue weighted by Crippen LogP contribution is -1.94. The van der Waals surface area contributed by atoms with Crippen molar-refractivity contribution < 1.29 is 4.74 Å². The zero-order chi connectivity index (χ0) is 9.97. The quantitative estimate of drug-likeness (QED) is 0.705. The summed E-state index contributed by atoms with van der Waals surface area (Å²) in [5, 5.41) is 11.2. The Hall–Kier alpha value is -1.91. The fourth-order valence-electron chi connectivity index (χ4n) is 1.21. The molecular weight excluding hydrogens is 180 g/mol. The topological polar surface area (TPSA) is 52.8 Å². The minimum atomic E-state index is 0.743. The van der Waals surface area contributed by atoms with Crippen LogP contribution in [-0.2, 0) is 7.05 Å². The molecule has 0 aliphatic carbocycles. The minimum absolute atomic E-state index is 0.743. The first-order chi connectivity index (χ1) is 6.81. The first kappa shape index (κ1) is 8.68. The lowest BCUT2D eigenvalue weighted by Gasteiger charge is -2.01. The highest BCUT2D eigenvalue weighted by atomic mass is 16.5. The Morgan fingerprint density at radius 3 is 2.43 bits per heavy atom. The van der Waals surface area contributed by atoms with Gasteiger partial charge in [0.2, 0.25) is 0 Å².